The molecule has 1 fully saturated rings. The Bertz CT molecular complexity index is 1460. The van der Waals surface area contributed by atoms with Crippen LogP contribution in [0.1, 0.15) is 65.0 Å². The Labute approximate surface area is 253 Å². The highest BCUT2D eigenvalue weighted by molar-refractivity contribution is 5.61. The summed E-state index contributed by atoms with van der Waals surface area (Å²) in [6, 6.07) is 4.00. The molecule has 0 unspecified atom stereocenters. The van der Waals surface area contributed by atoms with Crippen LogP contribution in [0.5, 0.6) is 0 Å². The molecule has 0 amide bonds. The maximum absolute atomic E-state index is 14.0. The minimum atomic E-state index is -5.04. The molecule has 1 atom stereocenters. The van der Waals surface area contributed by atoms with E-state index < -0.39 is 47.7 Å². The molecule has 0 spiro atoms. The van der Waals surface area contributed by atoms with Gasteiger partial charge in [-0.2, -0.15) is 44.3 Å². The number of benzene rings is 2. The predicted octanol–water partition coefficient (Wildman–Crippen LogP) is 6.80. The predicted molar refractivity (Wildman–Crippen MR) is 147 cm³/mol. The number of tetrazole rings is 1. The molecular formula is C29H32F9N7. The number of alkyl halides is 9. The first kappa shape index (κ1) is 32.8. The molecule has 45 heavy (non-hydrogen) atoms. The summed E-state index contributed by atoms with van der Waals surface area (Å²) in [6.45, 7) is 2.34. The number of hydrogen-bond donors (Lipinski definition) is 1. The van der Waals surface area contributed by atoms with E-state index in [4.69, 9.17) is 5.73 Å². The lowest BCUT2D eigenvalue weighted by molar-refractivity contribution is -0.143. The summed E-state index contributed by atoms with van der Waals surface area (Å²) in [5.74, 6) is -0.120. The minimum Gasteiger partial charge on any atom is -0.371 e. The van der Waals surface area contributed by atoms with Gasteiger partial charge in [-0.3, -0.25) is 0 Å². The van der Waals surface area contributed by atoms with E-state index in [2.05, 4.69) is 15.4 Å². The second kappa shape index (κ2) is 12.3. The van der Waals surface area contributed by atoms with Crippen molar-refractivity contribution in [2.45, 2.75) is 70.1 Å². The number of anilines is 2. The highest BCUT2D eigenvalue weighted by Gasteiger charge is 2.39. The third-order valence-electron chi connectivity index (χ3n) is 8.13. The van der Waals surface area contributed by atoms with Crippen LogP contribution in [0.25, 0.3) is 0 Å². The standard InChI is InChI=1S/C29H32F9N7/c1-17-9-23-20(3-2-7-43(14-18-4-5-18)25(23)13-24(17)29(36,37)38)16-44(26-40-42-45(41-26)8-6-39)15-19-10-21(27(30,31)32)12-22(11-19)28(33,34)35/h9-13,18,20H,2-8,14-16,39H2,1H3/t20-/m1/s1. The van der Waals surface area contributed by atoms with Gasteiger partial charge in [-0.1, -0.05) is 11.2 Å². The minimum absolute atomic E-state index is 0.000980. The molecule has 1 aromatic heterocycles. The van der Waals surface area contributed by atoms with Crippen molar-refractivity contribution in [2.75, 3.05) is 36.0 Å². The molecule has 2 heterocycles. The Morgan fingerprint density at radius 3 is 2.13 bits per heavy atom. The molecule has 2 N–H and O–H groups in total. The molecule has 5 rings (SSSR count). The number of aromatic nitrogens is 4. The van der Waals surface area contributed by atoms with Gasteiger partial charge in [0.25, 0.3) is 5.95 Å². The Kier molecular flexibility index (Phi) is 8.99. The zero-order valence-corrected chi connectivity index (χ0v) is 24.3. The summed E-state index contributed by atoms with van der Waals surface area (Å²) in [7, 11) is 0. The summed E-state index contributed by atoms with van der Waals surface area (Å²) >= 11 is 0. The van der Waals surface area contributed by atoms with Crippen molar-refractivity contribution in [1.82, 2.24) is 20.2 Å². The summed E-state index contributed by atoms with van der Waals surface area (Å²) < 4.78 is 124. The zero-order chi connectivity index (χ0) is 32.7. The van der Waals surface area contributed by atoms with E-state index in [0.717, 1.165) is 23.7 Å². The van der Waals surface area contributed by atoms with E-state index >= 15 is 0 Å². The Morgan fingerprint density at radius 2 is 1.56 bits per heavy atom. The summed E-state index contributed by atoms with van der Waals surface area (Å²) in [6.07, 6.45) is -11.6. The van der Waals surface area contributed by atoms with Gasteiger partial charge in [-0.15, -0.1) is 5.10 Å². The third-order valence-corrected chi connectivity index (χ3v) is 8.13. The molecule has 1 aliphatic carbocycles. The highest BCUT2D eigenvalue weighted by atomic mass is 19.4. The van der Waals surface area contributed by atoms with E-state index in [-0.39, 0.29) is 42.8 Å². The fraction of sp³-hybridized carbons (Fsp3) is 0.552. The first-order chi connectivity index (χ1) is 21.0. The topological polar surface area (TPSA) is 76.1 Å². The van der Waals surface area contributed by atoms with Crippen LogP contribution in [0.15, 0.2) is 30.3 Å². The number of aryl methyl sites for hydroxylation is 1. The molecule has 0 bridgehead atoms. The highest BCUT2D eigenvalue weighted by Crippen LogP contribution is 2.44. The van der Waals surface area contributed by atoms with Crippen molar-refractivity contribution < 1.29 is 39.5 Å². The van der Waals surface area contributed by atoms with Gasteiger partial charge in [-0.05, 0) is 84.7 Å². The van der Waals surface area contributed by atoms with Gasteiger partial charge in [-0.25, -0.2) is 0 Å². The molecule has 2 aromatic carbocycles. The smallest absolute Gasteiger partial charge is 0.371 e. The molecule has 7 nitrogen and oxygen atoms in total. The lowest BCUT2D eigenvalue weighted by atomic mass is 9.90. The lowest BCUT2D eigenvalue weighted by Crippen LogP contribution is -2.30. The van der Waals surface area contributed by atoms with Crippen molar-refractivity contribution in [3.63, 3.8) is 0 Å². The van der Waals surface area contributed by atoms with Crippen LogP contribution in [-0.4, -0.2) is 46.4 Å². The van der Waals surface area contributed by atoms with Crippen molar-refractivity contribution in [2.24, 2.45) is 11.7 Å². The molecule has 246 valence electrons. The van der Waals surface area contributed by atoms with Gasteiger partial charge >= 0.3 is 18.5 Å². The quantitative estimate of drug-likeness (QED) is 0.257. The number of nitrogens with zero attached hydrogens (tertiary/aromatic N) is 6. The molecule has 0 saturated heterocycles. The maximum atomic E-state index is 14.0. The fourth-order valence-corrected chi connectivity index (χ4v) is 5.81. The van der Waals surface area contributed by atoms with Crippen LogP contribution in [-0.2, 0) is 31.6 Å². The second-order valence-electron chi connectivity index (χ2n) is 11.7. The van der Waals surface area contributed by atoms with Crippen LogP contribution in [0, 0.1) is 12.8 Å². The Balaban J connectivity index is 1.57. The Hall–Kier alpha value is -3.56. The average molecular weight is 650 g/mol. The molecule has 0 radical (unpaired) electrons. The van der Waals surface area contributed by atoms with E-state index in [1.807, 2.05) is 4.90 Å². The van der Waals surface area contributed by atoms with E-state index in [1.165, 1.54) is 17.9 Å². The SMILES string of the molecule is Cc1cc2c(cc1C(F)(F)F)N(CC1CC1)CCC[C@@H]2CN(Cc1cc(C(F)(F)F)cc(C(F)(F)F)c1)c1nnn(CCN)n1. The van der Waals surface area contributed by atoms with Crippen LogP contribution in [0.2, 0.25) is 0 Å². The number of rotatable bonds is 9. The lowest BCUT2D eigenvalue weighted by Gasteiger charge is -2.30. The number of nitrogens with two attached hydrogens (primary N) is 1. The summed E-state index contributed by atoms with van der Waals surface area (Å²) in [5, 5.41) is 12.1. The maximum Gasteiger partial charge on any atom is 0.416 e. The molecule has 1 saturated carbocycles. The van der Waals surface area contributed by atoms with Crippen LogP contribution >= 0.6 is 0 Å². The van der Waals surface area contributed by atoms with E-state index in [9.17, 15) is 39.5 Å². The molecular weight excluding hydrogens is 617 g/mol. The number of halogens is 9. The zero-order valence-electron chi connectivity index (χ0n) is 24.3. The van der Waals surface area contributed by atoms with Crippen LogP contribution in [0.4, 0.5) is 51.1 Å². The van der Waals surface area contributed by atoms with E-state index in [0.29, 0.717) is 55.2 Å². The number of fused-ring (bicyclic) bond motifs is 1. The van der Waals surface area contributed by atoms with E-state index in [1.54, 1.807) is 0 Å². The third kappa shape index (κ3) is 7.82. The fourth-order valence-electron chi connectivity index (χ4n) is 5.81. The van der Waals surface area contributed by atoms with Gasteiger partial charge in [0, 0.05) is 44.3 Å². The van der Waals surface area contributed by atoms with Crippen molar-refractivity contribution >= 4 is 11.6 Å². The molecule has 1 aliphatic heterocycles. The van der Waals surface area contributed by atoms with Gasteiger partial charge in [0.2, 0.25) is 0 Å². The van der Waals surface area contributed by atoms with Crippen LogP contribution in [0.3, 0.4) is 0 Å². The van der Waals surface area contributed by atoms with Gasteiger partial charge < -0.3 is 15.5 Å². The first-order valence-corrected chi connectivity index (χ1v) is 14.5. The van der Waals surface area contributed by atoms with Crippen molar-refractivity contribution in [3.05, 3.63) is 63.7 Å². The van der Waals surface area contributed by atoms with Crippen LogP contribution < -0.4 is 15.5 Å². The largest absolute Gasteiger partial charge is 0.416 e. The normalized spacial score (nSPS) is 17.8. The Morgan fingerprint density at radius 1 is 0.889 bits per heavy atom. The number of hydrogen-bond acceptors (Lipinski definition) is 6. The van der Waals surface area contributed by atoms with Gasteiger partial charge in [0.05, 0.1) is 23.2 Å². The monoisotopic (exact) mass is 649 g/mol. The van der Waals surface area contributed by atoms with Gasteiger partial charge in [0.15, 0.2) is 0 Å². The second-order valence-corrected chi connectivity index (χ2v) is 11.7. The molecule has 2 aliphatic rings. The average Bonchev–Trinajstić information content (AvgIpc) is 3.66. The van der Waals surface area contributed by atoms with Crippen molar-refractivity contribution in [1.29, 1.82) is 0 Å². The summed E-state index contributed by atoms with van der Waals surface area (Å²) in [4.78, 5) is 4.55. The van der Waals surface area contributed by atoms with Gasteiger partial charge in [0.1, 0.15) is 0 Å². The van der Waals surface area contributed by atoms with Crippen molar-refractivity contribution in [3.8, 4) is 0 Å². The first-order valence-electron chi connectivity index (χ1n) is 14.5. The molecule has 3 aromatic rings. The summed E-state index contributed by atoms with van der Waals surface area (Å²) in [5.41, 5.74) is 2.68. The molecule has 16 heteroatoms.